The van der Waals surface area contributed by atoms with Crippen LogP contribution in [0.4, 0.5) is 0 Å². The van der Waals surface area contributed by atoms with E-state index in [-0.39, 0.29) is 0 Å². The number of halogens is 1. The number of rotatable bonds is 2. The summed E-state index contributed by atoms with van der Waals surface area (Å²) in [5.74, 6) is 1.05. The van der Waals surface area contributed by atoms with Gasteiger partial charge in [0.1, 0.15) is 6.07 Å². The maximum Gasteiger partial charge on any atom is 0.155 e. The van der Waals surface area contributed by atoms with Gasteiger partial charge in [0.05, 0.1) is 17.7 Å². The quantitative estimate of drug-likeness (QED) is 0.784. The Morgan fingerprint density at radius 3 is 2.59 bits per heavy atom. The molecule has 0 aromatic heterocycles. The molecule has 1 saturated carbocycles. The number of nitrogens with zero attached hydrogens (tertiary/aromatic N) is 1. The van der Waals surface area contributed by atoms with E-state index in [1.807, 2.05) is 12.1 Å². The van der Waals surface area contributed by atoms with Gasteiger partial charge in [0.25, 0.3) is 0 Å². The zero-order valence-corrected chi connectivity index (χ0v) is 10.8. The first-order valence-corrected chi connectivity index (χ1v) is 6.42. The van der Waals surface area contributed by atoms with Crippen molar-refractivity contribution in [3.8, 4) is 11.8 Å². The molecule has 0 unspecified atom stereocenters. The molecule has 0 saturated heterocycles. The molecule has 0 aliphatic heterocycles. The number of benzene rings is 1. The minimum absolute atomic E-state index is 0.511. The van der Waals surface area contributed by atoms with Crippen LogP contribution in [0.3, 0.4) is 0 Å². The molecular weight excluding hydrogens is 234 g/mol. The van der Waals surface area contributed by atoms with Gasteiger partial charge in [-0.05, 0) is 30.4 Å². The summed E-state index contributed by atoms with van der Waals surface area (Å²) in [6.45, 7) is 0. The van der Waals surface area contributed by atoms with Crippen LogP contribution < -0.4 is 4.74 Å². The fourth-order valence-electron chi connectivity index (χ4n) is 2.59. The lowest BCUT2D eigenvalue weighted by Crippen LogP contribution is -2.06. The van der Waals surface area contributed by atoms with Gasteiger partial charge < -0.3 is 4.74 Å². The average Bonchev–Trinajstić information content (AvgIpc) is 2.39. The molecule has 2 rings (SSSR count). The second kappa shape index (κ2) is 5.42. The summed E-state index contributed by atoms with van der Waals surface area (Å²) in [7, 11) is 1.56. The van der Waals surface area contributed by atoms with Crippen molar-refractivity contribution in [2.75, 3.05) is 7.11 Å². The van der Waals surface area contributed by atoms with Crippen LogP contribution in [-0.4, -0.2) is 7.11 Å². The number of nitriles is 1. The van der Waals surface area contributed by atoms with Gasteiger partial charge in [-0.3, -0.25) is 0 Å². The van der Waals surface area contributed by atoms with E-state index in [0.717, 1.165) is 5.56 Å². The molecule has 1 aliphatic carbocycles. The SMILES string of the molecule is COc1c(C#N)ccc(C2CCCCC2)c1Cl. The van der Waals surface area contributed by atoms with Crippen LogP contribution in [0.25, 0.3) is 0 Å². The Bertz CT molecular complexity index is 444. The summed E-state index contributed by atoms with van der Waals surface area (Å²) >= 11 is 6.35. The highest BCUT2D eigenvalue weighted by Crippen LogP contribution is 2.41. The molecule has 2 nitrogen and oxygen atoms in total. The molecule has 3 heteroatoms. The van der Waals surface area contributed by atoms with Crippen LogP contribution in [0.5, 0.6) is 5.75 Å². The van der Waals surface area contributed by atoms with Crippen LogP contribution in [-0.2, 0) is 0 Å². The van der Waals surface area contributed by atoms with Crippen molar-refractivity contribution >= 4 is 11.6 Å². The van der Waals surface area contributed by atoms with Crippen molar-refractivity contribution in [3.63, 3.8) is 0 Å². The molecule has 1 aromatic rings. The summed E-state index contributed by atoms with van der Waals surface area (Å²) in [5, 5.41) is 9.61. The highest BCUT2D eigenvalue weighted by atomic mass is 35.5. The van der Waals surface area contributed by atoms with Gasteiger partial charge >= 0.3 is 0 Å². The zero-order valence-electron chi connectivity index (χ0n) is 10.0. The normalized spacial score (nSPS) is 16.5. The third-order valence-corrected chi connectivity index (χ3v) is 3.89. The molecule has 0 bridgehead atoms. The molecule has 1 aliphatic rings. The molecule has 0 N–H and O–H groups in total. The first kappa shape index (κ1) is 12.3. The van der Waals surface area contributed by atoms with E-state index in [2.05, 4.69) is 6.07 Å². The van der Waals surface area contributed by atoms with E-state index in [9.17, 15) is 0 Å². The van der Waals surface area contributed by atoms with Gasteiger partial charge in [-0.1, -0.05) is 36.9 Å². The van der Waals surface area contributed by atoms with Crippen molar-refractivity contribution in [1.29, 1.82) is 5.26 Å². The Morgan fingerprint density at radius 1 is 1.29 bits per heavy atom. The maximum absolute atomic E-state index is 8.99. The van der Waals surface area contributed by atoms with Crippen molar-refractivity contribution in [2.45, 2.75) is 38.0 Å². The Labute approximate surface area is 107 Å². The molecule has 0 heterocycles. The molecule has 1 aromatic carbocycles. The van der Waals surface area contributed by atoms with Crippen LogP contribution >= 0.6 is 11.6 Å². The summed E-state index contributed by atoms with van der Waals surface area (Å²) in [6, 6.07) is 5.91. The van der Waals surface area contributed by atoms with E-state index in [0.29, 0.717) is 22.3 Å². The smallest absolute Gasteiger partial charge is 0.155 e. The third kappa shape index (κ3) is 2.40. The Kier molecular flexibility index (Phi) is 3.91. The van der Waals surface area contributed by atoms with E-state index < -0.39 is 0 Å². The van der Waals surface area contributed by atoms with Crippen LogP contribution in [0.1, 0.15) is 49.1 Å². The first-order chi connectivity index (χ1) is 8.27. The Hall–Kier alpha value is -1.20. The highest BCUT2D eigenvalue weighted by Gasteiger charge is 2.21. The van der Waals surface area contributed by atoms with E-state index in [1.165, 1.54) is 32.1 Å². The topological polar surface area (TPSA) is 33.0 Å². The van der Waals surface area contributed by atoms with Crippen molar-refractivity contribution in [2.24, 2.45) is 0 Å². The summed E-state index contributed by atoms with van der Waals surface area (Å²) in [5.41, 5.74) is 1.65. The van der Waals surface area contributed by atoms with Crippen molar-refractivity contribution in [3.05, 3.63) is 28.3 Å². The maximum atomic E-state index is 8.99. The lowest BCUT2D eigenvalue weighted by Gasteiger charge is -2.23. The standard InChI is InChI=1S/C14H16ClNO/c1-17-14-11(9-16)7-8-12(13(14)15)10-5-3-2-4-6-10/h7-8,10H,2-6H2,1H3. The summed E-state index contributed by atoms with van der Waals surface area (Å²) in [6.07, 6.45) is 6.23. The summed E-state index contributed by atoms with van der Waals surface area (Å²) < 4.78 is 5.24. The Balaban J connectivity index is 2.38. The van der Waals surface area contributed by atoms with Gasteiger partial charge in [-0.25, -0.2) is 0 Å². The van der Waals surface area contributed by atoms with Crippen LogP contribution in [0.2, 0.25) is 5.02 Å². The second-order valence-electron chi connectivity index (χ2n) is 4.50. The minimum atomic E-state index is 0.511. The van der Waals surface area contributed by atoms with Gasteiger partial charge in [0, 0.05) is 0 Å². The van der Waals surface area contributed by atoms with Gasteiger partial charge in [0.2, 0.25) is 0 Å². The van der Waals surface area contributed by atoms with Crippen LogP contribution in [0.15, 0.2) is 12.1 Å². The lowest BCUT2D eigenvalue weighted by molar-refractivity contribution is 0.409. The van der Waals surface area contributed by atoms with E-state index >= 15 is 0 Å². The number of ether oxygens (including phenoxy) is 1. The minimum Gasteiger partial charge on any atom is -0.494 e. The van der Waals surface area contributed by atoms with Crippen molar-refractivity contribution < 1.29 is 4.74 Å². The molecule has 1 fully saturated rings. The number of methoxy groups -OCH3 is 1. The molecule has 0 spiro atoms. The molecule has 17 heavy (non-hydrogen) atoms. The second-order valence-corrected chi connectivity index (χ2v) is 4.87. The molecular formula is C14H16ClNO. The fourth-order valence-corrected chi connectivity index (χ4v) is 2.98. The molecule has 0 radical (unpaired) electrons. The number of hydrogen-bond acceptors (Lipinski definition) is 2. The van der Waals surface area contributed by atoms with E-state index in [4.69, 9.17) is 21.6 Å². The third-order valence-electron chi connectivity index (χ3n) is 3.50. The van der Waals surface area contributed by atoms with Gasteiger partial charge in [-0.2, -0.15) is 5.26 Å². The average molecular weight is 250 g/mol. The predicted molar refractivity (Wildman–Crippen MR) is 68.5 cm³/mol. The van der Waals surface area contributed by atoms with Crippen molar-refractivity contribution in [1.82, 2.24) is 0 Å². The largest absolute Gasteiger partial charge is 0.494 e. The monoisotopic (exact) mass is 249 g/mol. The van der Waals surface area contributed by atoms with E-state index in [1.54, 1.807) is 7.11 Å². The van der Waals surface area contributed by atoms with Gasteiger partial charge in [-0.15, -0.1) is 0 Å². The van der Waals surface area contributed by atoms with Gasteiger partial charge in [0.15, 0.2) is 5.75 Å². The number of hydrogen-bond donors (Lipinski definition) is 0. The molecule has 0 amide bonds. The lowest BCUT2D eigenvalue weighted by atomic mass is 9.83. The predicted octanol–water partition coefficient (Wildman–Crippen LogP) is 4.27. The summed E-state index contributed by atoms with van der Waals surface area (Å²) in [4.78, 5) is 0. The van der Waals surface area contributed by atoms with Crippen LogP contribution in [0, 0.1) is 11.3 Å². The molecule has 0 atom stereocenters. The first-order valence-electron chi connectivity index (χ1n) is 6.04. The molecule has 90 valence electrons. The zero-order chi connectivity index (χ0) is 12.3. The Morgan fingerprint density at radius 2 is 2.00 bits per heavy atom. The fraction of sp³-hybridized carbons (Fsp3) is 0.500. The highest BCUT2D eigenvalue weighted by molar-refractivity contribution is 6.33.